The monoisotopic (exact) mass is 334 g/mol. The van der Waals surface area contributed by atoms with Gasteiger partial charge in [0.05, 0.1) is 13.2 Å². The van der Waals surface area contributed by atoms with E-state index in [1.807, 2.05) is 0 Å². The number of fused-ring (bicyclic) bond motifs is 2. The summed E-state index contributed by atoms with van der Waals surface area (Å²) >= 11 is 0. The van der Waals surface area contributed by atoms with Crippen LogP contribution in [-0.2, 0) is 9.53 Å². The van der Waals surface area contributed by atoms with Gasteiger partial charge < -0.3 is 10.1 Å². The molecule has 3 saturated carbocycles. The zero-order valence-corrected chi connectivity index (χ0v) is 15.1. The number of nitrogens with zero attached hydrogens (tertiary/aromatic N) is 1. The van der Waals surface area contributed by atoms with Crippen molar-refractivity contribution in [3.05, 3.63) is 0 Å². The third-order valence-corrected chi connectivity index (χ3v) is 7.41. The molecule has 1 amide bonds. The van der Waals surface area contributed by atoms with E-state index < -0.39 is 0 Å². The van der Waals surface area contributed by atoms with Crippen LogP contribution in [0.3, 0.4) is 0 Å². The van der Waals surface area contributed by atoms with Crippen molar-refractivity contribution in [1.82, 2.24) is 10.2 Å². The first-order valence-electron chi connectivity index (χ1n) is 10.3. The van der Waals surface area contributed by atoms with Crippen molar-refractivity contribution in [2.24, 2.45) is 17.8 Å². The maximum absolute atomic E-state index is 12.6. The van der Waals surface area contributed by atoms with Gasteiger partial charge in [0.25, 0.3) is 0 Å². The minimum atomic E-state index is 0.201. The number of morpholine rings is 1. The Kier molecular flexibility index (Phi) is 5.14. The summed E-state index contributed by atoms with van der Waals surface area (Å²) in [5.74, 6) is 2.77. The van der Waals surface area contributed by atoms with Gasteiger partial charge in [-0.3, -0.25) is 9.69 Å². The topological polar surface area (TPSA) is 41.6 Å². The minimum absolute atomic E-state index is 0.201. The first kappa shape index (κ1) is 16.8. The van der Waals surface area contributed by atoms with Crippen molar-refractivity contribution in [3.8, 4) is 0 Å². The first-order chi connectivity index (χ1) is 11.8. The molecular formula is C20H34N2O2. The van der Waals surface area contributed by atoms with E-state index in [2.05, 4.69) is 10.2 Å². The number of carbonyl (C=O) groups is 1. The van der Waals surface area contributed by atoms with Crippen LogP contribution in [0.2, 0.25) is 0 Å². The van der Waals surface area contributed by atoms with Crippen molar-refractivity contribution < 1.29 is 9.53 Å². The third kappa shape index (κ3) is 3.50. The van der Waals surface area contributed by atoms with Crippen LogP contribution in [0.5, 0.6) is 0 Å². The normalized spacial score (nSPS) is 35.9. The smallest absolute Gasteiger partial charge is 0.220 e. The molecule has 1 saturated heterocycles. The lowest BCUT2D eigenvalue weighted by atomic mass is 9.79. The first-order valence-corrected chi connectivity index (χ1v) is 10.3. The molecule has 3 aliphatic carbocycles. The molecule has 2 bridgehead atoms. The van der Waals surface area contributed by atoms with E-state index in [1.165, 1.54) is 57.8 Å². The standard InChI is InChI=1S/C20H34N2O2/c23-19(14-18-13-16-4-5-17(18)12-16)21-15-20(6-2-1-3-7-20)22-8-10-24-11-9-22/h16-18H,1-15H2,(H,21,23)/t16-,17+,18-/m0/s1. The predicted octanol–water partition coefficient (Wildman–Crippen LogP) is 2.96. The molecule has 4 nitrogen and oxygen atoms in total. The van der Waals surface area contributed by atoms with Crippen LogP contribution in [-0.4, -0.2) is 49.2 Å². The molecule has 0 aromatic heterocycles. The highest BCUT2D eigenvalue weighted by Gasteiger charge is 2.41. The Morgan fingerprint density at radius 1 is 1.08 bits per heavy atom. The third-order valence-electron chi connectivity index (χ3n) is 7.41. The van der Waals surface area contributed by atoms with Gasteiger partial charge in [0.15, 0.2) is 0 Å². The molecule has 0 aromatic carbocycles. The lowest BCUT2D eigenvalue weighted by Crippen LogP contribution is -2.59. The van der Waals surface area contributed by atoms with E-state index in [-0.39, 0.29) is 5.54 Å². The van der Waals surface area contributed by atoms with Crippen molar-refractivity contribution in [2.45, 2.75) is 69.7 Å². The highest BCUT2D eigenvalue weighted by Crippen LogP contribution is 2.49. The summed E-state index contributed by atoms with van der Waals surface area (Å²) in [5, 5.41) is 3.36. The molecule has 4 rings (SSSR count). The van der Waals surface area contributed by atoms with Gasteiger partial charge in [0.2, 0.25) is 5.91 Å². The average Bonchev–Trinajstić information content (AvgIpc) is 3.25. The highest BCUT2D eigenvalue weighted by molar-refractivity contribution is 5.76. The summed E-state index contributed by atoms with van der Waals surface area (Å²) in [7, 11) is 0. The second kappa shape index (κ2) is 7.33. The number of hydrogen-bond acceptors (Lipinski definition) is 3. The maximum Gasteiger partial charge on any atom is 0.220 e. The minimum Gasteiger partial charge on any atom is -0.379 e. The molecule has 1 heterocycles. The molecule has 24 heavy (non-hydrogen) atoms. The second-order valence-electron chi connectivity index (χ2n) is 8.80. The van der Waals surface area contributed by atoms with Crippen molar-refractivity contribution in [3.63, 3.8) is 0 Å². The summed E-state index contributed by atoms with van der Waals surface area (Å²) in [5.41, 5.74) is 0.201. The number of hydrogen-bond donors (Lipinski definition) is 1. The molecule has 4 fully saturated rings. The fourth-order valence-electron chi connectivity index (χ4n) is 6.05. The van der Waals surface area contributed by atoms with Crippen molar-refractivity contribution in [2.75, 3.05) is 32.8 Å². The molecule has 1 N–H and O–H groups in total. The molecule has 4 heteroatoms. The van der Waals surface area contributed by atoms with Gasteiger partial charge in [-0.2, -0.15) is 0 Å². The Bertz CT molecular complexity index is 441. The highest BCUT2D eigenvalue weighted by atomic mass is 16.5. The second-order valence-corrected chi connectivity index (χ2v) is 8.80. The van der Waals surface area contributed by atoms with E-state index in [0.29, 0.717) is 11.8 Å². The molecule has 1 aliphatic heterocycles. The Labute approximate surface area is 146 Å². The Morgan fingerprint density at radius 2 is 1.88 bits per heavy atom. The SMILES string of the molecule is O=C(C[C@@H]1C[C@H]2CC[C@@H]1C2)NCC1(N2CCOCC2)CCCCC1. The summed E-state index contributed by atoms with van der Waals surface area (Å²) in [6, 6.07) is 0. The van der Waals surface area contributed by atoms with Gasteiger partial charge in [-0.1, -0.05) is 25.7 Å². The molecule has 0 spiro atoms. The van der Waals surface area contributed by atoms with Crippen molar-refractivity contribution in [1.29, 1.82) is 0 Å². The molecule has 3 atom stereocenters. The van der Waals surface area contributed by atoms with Crippen LogP contribution in [0.4, 0.5) is 0 Å². The Hall–Kier alpha value is -0.610. The van der Waals surface area contributed by atoms with E-state index in [0.717, 1.165) is 51.1 Å². The van der Waals surface area contributed by atoms with Gasteiger partial charge in [-0.15, -0.1) is 0 Å². The zero-order valence-electron chi connectivity index (χ0n) is 15.1. The van der Waals surface area contributed by atoms with Crippen LogP contribution in [0.15, 0.2) is 0 Å². The maximum atomic E-state index is 12.6. The van der Waals surface area contributed by atoms with Gasteiger partial charge in [-0.05, 0) is 49.9 Å². The quantitative estimate of drug-likeness (QED) is 0.840. The number of nitrogens with one attached hydrogen (secondary N) is 1. The summed E-state index contributed by atoms with van der Waals surface area (Å²) in [6.07, 6.45) is 12.7. The average molecular weight is 335 g/mol. The molecule has 0 aromatic rings. The van der Waals surface area contributed by atoms with Crippen LogP contribution in [0.25, 0.3) is 0 Å². The summed E-state index contributed by atoms with van der Waals surface area (Å²) < 4.78 is 5.55. The number of rotatable bonds is 5. The largest absolute Gasteiger partial charge is 0.379 e. The van der Waals surface area contributed by atoms with Gasteiger partial charge in [0, 0.05) is 31.6 Å². The number of amides is 1. The van der Waals surface area contributed by atoms with Gasteiger partial charge in [-0.25, -0.2) is 0 Å². The Balaban J connectivity index is 1.31. The molecule has 136 valence electrons. The van der Waals surface area contributed by atoms with E-state index in [1.54, 1.807) is 0 Å². The lowest BCUT2D eigenvalue weighted by Gasteiger charge is -2.48. The van der Waals surface area contributed by atoms with E-state index in [9.17, 15) is 4.79 Å². The molecule has 4 aliphatic rings. The van der Waals surface area contributed by atoms with Crippen LogP contribution >= 0.6 is 0 Å². The fourth-order valence-corrected chi connectivity index (χ4v) is 6.05. The Morgan fingerprint density at radius 3 is 2.54 bits per heavy atom. The lowest BCUT2D eigenvalue weighted by molar-refractivity contribution is -0.123. The van der Waals surface area contributed by atoms with E-state index >= 15 is 0 Å². The fraction of sp³-hybridized carbons (Fsp3) is 0.950. The van der Waals surface area contributed by atoms with Gasteiger partial charge >= 0.3 is 0 Å². The van der Waals surface area contributed by atoms with E-state index in [4.69, 9.17) is 4.74 Å². The van der Waals surface area contributed by atoms with Gasteiger partial charge in [0.1, 0.15) is 0 Å². The zero-order chi connectivity index (χ0) is 16.4. The summed E-state index contributed by atoms with van der Waals surface area (Å²) in [6.45, 7) is 4.61. The predicted molar refractivity (Wildman–Crippen MR) is 94.8 cm³/mol. The summed E-state index contributed by atoms with van der Waals surface area (Å²) in [4.78, 5) is 15.2. The number of ether oxygens (including phenoxy) is 1. The molecule has 0 radical (unpaired) electrons. The van der Waals surface area contributed by atoms with Crippen molar-refractivity contribution >= 4 is 5.91 Å². The number of carbonyl (C=O) groups excluding carboxylic acids is 1. The molecule has 0 unspecified atom stereocenters. The van der Waals surface area contributed by atoms with Crippen LogP contribution in [0, 0.1) is 17.8 Å². The van der Waals surface area contributed by atoms with Crippen LogP contribution < -0.4 is 5.32 Å². The van der Waals surface area contributed by atoms with Crippen LogP contribution in [0.1, 0.15) is 64.2 Å². The molecular weight excluding hydrogens is 300 g/mol.